The summed E-state index contributed by atoms with van der Waals surface area (Å²) in [5, 5.41) is 0. The molecule has 19 heavy (non-hydrogen) atoms. The first-order chi connectivity index (χ1) is 9.18. The molecule has 0 aliphatic heterocycles. The molecular formula is C16H18O2S. The van der Waals surface area contributed by atoms with Crippen LogP contribution < -0.4 is 0 Å². The third-order valence-electron chi connectivity index (χ3n) is 3.07. The lowest BCUT2D eigenvalue weighted by atomic mass is 10.1. The SMILES string of the molecule is O=S(=O)(CCCCc1ccccc1)c1ccccc1. The lowest BCUT2D eigenvalue weighted by Gasteiger charge is -2.04. The fraction of sp³-hybridized carbons (Fsp3) is 0.250. The van der Waals surface area contributed by atoms with E-state index in [2.05, 4.69) is 12.1 Å². The highest BCUT2D eigenvalue weighted by Crippen LogP contribution is 2.13. The summed E-state index contributed by atoms with van der Waals surface area (Å²) in [6.45, 7) is 0. The fourth-order valence-corrected chi connectivity index (χ4v) is 3.40. The zero-order chi connectivity index (χ0) is 13.6. The van der Waals surface area contributed by atoms with Crippen molar-refractivity contribution in [3.05, 3.63) is 66.2 Å². The number of benzene rings is 2. The minimum absolute atomic E-state index is 0.226. The van der Waals surface area contributed by atoms with Crippen LogP contribution in [0.5, 0.6) is 0 Å². The second kappa shape index (κ2) is 6.53. The molecule has 0 radical (unpaired) electrons. The Morgan fingerprint density at radius 1 is 0.737 bits per heavy atom. The van der Waals surface area contributed by atoms with Crippen LogP contribution >= 0.6 is 0 Å². The summed E-state index contributed by atoms with van der Waals surface area (Å²) in [5.41, 5.74) is 1.26. The summed E-state index contributed by atoms with van der Waals surface area (Å²) in [6, 6.07) is 18.8. The van der Waals surface area contributed by atoms with Gasteiger partial charge < -0.3 is 0 Å². The molecule has 0 amide bonds. The van der Waals surface area contributed by atoms with Gasteiger partial charge >= 0.3 is 0 Å². The van der Waals surface area contributed by atoms with Crippen LogP contribution in [0.4, 0.5) is 0 Å². The molecule has 0 heterocycles. The van der Waals surface area contributed by atoms with Crippen molar-refractivity contribution in [3.8, 4) is 0 Å². The maximum atomic E-state index is 12.0. The van der Waals surface area contributed by atoms with E-state index < -0.39 is 9.84 Å². The molecule has 2 rings (SSSR count). The topological polar surface area (TPSA) is 34.1 Å². The van der Waals surface area contributed by atoms with E-state index in [0.717, 1.165) is 12.8 Å². The molecule has 0 spiro atoms. The number of hydrogen-bond acceptors (Lipinski definition) is 2. The van der Waals surface area contributed by atoms with Gasteiger partial charge in [0.05, 0.1) is 10.6 Å². The van der Waals surface area contributed by atoms with E-state index in [1.807, 2.05) is 24.3 Å². The number of sulfone groups is 1. The Labute approximate surface area is 115 Å². The molecule has 0 fully saturated rings. The van der Waals surface area contributed by atoms with Crippen molar-refractivity contribution in [3.63, 3.8) is 0 Å². The predicted octanol–water partition coefficient (Wildman–Crippen LogP) is 3.48. The summed E-state index contributed by atoms with van der Waals surface area (Å²) < 4.78 is 24.1. The van der Waals surface area contributed by atoms with Crippen LogP contribution in [-0.2, 0) is 16.3 Å². The Bertz CT molecular complexity index is 589. The molecule has 2 aromatic carbocycles. The van der Waals surface area contributed by atoms with Crippen molar-refractivity contribution >= 4 is 9.84 Å². The number of unbranched alkanes of at least 4 members (excludes halogenated alkanes) is 1. The average molecular weight is 274 g/mol. The van der Waals surface area contributed by atoms with Gasteiger partial charge in [0.1, 0.15) is 0 Å². The van der Waals surface area contributed by atoms with Crippen LogP contribution in [0.2, 0.25) is 0 Å². The van der Waals surface area contributed by atoms with Gasteiger partial charge in [0.2, 0.25) is 0 Å². The first-order valence-corrected chi connectivity index (χ1v) is 8.15. The molecule has 0 N–H and O–H groups in total. The molecule has 0 saturated heterocycles. The van der Waals surface area contributed by atoms with E-state index in [-0.39, 0.29) is 5.75 Å². The van der Waals surface area contributed by atoms with Gasteiger partial charge in [0, 0.05) is 0 Å². The van der Waals surface area contributed by atoms with Crippen LogP contribution in [0.3, 0.4) is 0 Å². The van der Waals surface area contributed by atoms with E-state index in [9.17, 15) is 8.42 Å². The van der Waals surface area contributed by atoms with Crippen LogP contribution in [0.25, 0.3) is 0 Å². The summed E-state index contributed by atoms with van der Waals surface area (Å²) in [7, 11) is -3.11. The highest BCUT2D eigenvalue weighted by Gasteiger charge is 2.12. The Kier molecular flexibility index (Phi) is 4.74. The summed E-state index contributed by atoms with van der Waals surface area (Å²) >= 11 is 0. The molecule has 0 unspecified atom stereocenters. The normalized spacial score (nSPS) is 11.4. The van der Waals surface area contributed by atoms with Gasteiger partial charge in [-0.05, 0) is 37.0 Å². The molecule has 0 aliphatic rings. The van der Waals surface area contributed by atoms with Gasteiger partial charge in [-0.1, -0.05) is 48.5 Å². The Hall–Kier alpha value is -1.61. The molecule has 0 aliphatic carbocycles. The van der Waals surface area contributed by atoms with Crippen molar-refractivity contribution in [2.45, 2.75) is 24.2 Å². The minimum atomic E-state index is -3.11. The maximum Gasteiger partial charge on any atom is 0.178 e. The van der Waals surface area contributed by atoms with Crippen LogP contribution in [0.1, 0.15) is 18.4 Å². The molecule has 0 saturated carbocycles. The van der Waals surface area contributed by atoms with E-state index >= 15 is 0 Å². The van der Waals surface area contributed by atoms with E-state index in [4.69, 9.17) is 0 Å². The largest absolute Gasteiger partial charge is 0.224 e. The first-order valence-electron chi connectivity index (χ1n) is 6.50. The van der Waals surface area contributed by atoms with Gasteiger partial charge in [0.15, 0.2) is 9.84 Å². The smallest absolute Gasteiger partial charge is 0.178 e. The van der Waals surface area contributed by atoms with Crippen molar-refractivity contribution in [1.82, 2.24) is 0 Å². The van der Waals surface area contributed by atoms with E-state index in [1.165, 1.54) is 5.56 Å². The Morgan fingerprint density at radius 2 is 1.32 bits per heavy atom. The summed E-state index contributed by atoms with van der Waals surface area (Å²) in [6.07, 6.45) is 2.54. The van der Waals surface area contributed by atoms with Crippen molar-refractivity contribution < 1.29 is 8.42 Å². The van der Waals surface area contributed by atoms with Gasteiger partial charge in [0.25, 0.3) is 0 Å². The van der Waals surface area contributed by atoms with Gasteiger partial charge in [-0.25, -0.2) is 8.42 Å². The van der Waals surface area contributed by atoms with E-state index in [0.29, 0.717) is 11.3 Å². The lowest BCUT2D eigenvalue weighted by molar-refractivity contribution is 0.591. The number of aryl methyl sites for hydroxylation is 1. The maximum absolute atomic E-state index is 12.0. The molecule has 3 heteroatoms. The van der Waals surface area contributed by atoms with E-state index in [1.54, 1.807) is 24.3 Å². The molecule has 0 bridgehead atoms. The summed E-state index contributed by atoms with van der Waals surface area (Å²) in [5.74, 6) is 0.226. The molecule has 0 aromatic heterocycles. The zero-order valence-corrected chi connectivity index (χ0v) is 11.6. The predicted molar refractivity (Wildman–Crippen MR) is 77.9 cm³/mol. The van der Waals surface area contributed by atoms with Crippen molar-refractivity contribution in [1.29, 1.82) is 0 Å². The highest BCUT2D eigenvalue weighted by atomic mass is 32.2. The fourth-order valence-electron chi connectivity index (χ4n) is 2.01. The molecule has 0 atom stereocenters. The van der Waals surface area contributed by atoms with Gasteiger partial charge in [-0.2, -0.15) is 0 Å². The zero-order valence-electron chi connectivity index (χ0n) is 10.8. The second-order valence-electron chi connectivity index (χ2n) is 4.57. The lowest BCUT2D eigenvalue weighted by Crippen LogP contribution is -2.06. The number of hydrogen-bond donors (Lipinski definition) is 0. The van der Waals surface area contributed by atoms with Gasteiger partial charge in [-0.3, -0.25) is 0 Å². The average Bonchev–Trinajstić information content (AvgIpc) is 2.46. The Morgan fingerprint density at radius 3 is 1.95 bits per heavy atom. The standard InChI is InChI=1S/C16H18O2S/c17-19(18,16-12-5-2-6-13-16)14-8-7-11-15-9-3-1-4-10-15/h1-6,9-10,12-13H,7-8,11,14H2. The van der Waals surface area contributed by atoms with Crippen LogP contribution in [0, 0.1) is 0 Å². The quantitative estimate of drug-likeness (QED) is 0.756. The highest BCUT2D eigenvalue weighted by molar-refractivity contribution is 7.91. The van der Waals surface area contributed by atoms with Gasteiger partial charge in [-0.15, -0.1) is 0 Å². The summed E-state index contributed by atoms with van der Waals surface area (Å²) in [4.78, 5) is 0.426. The molecule has 100 valence electrons. The Balaban J connectivity index is 1.83. The third kappa shape index (κ3) is 4.21. The number of rotatable bonds is 6. The van der Waals surface area contributed by atoms with Crippen LogP contribution in [-0.4, -0.2) is 14.2 Å². The van der Waals surface area contributed by atoms with Crippen molar-refractivity contribution in [2.75, 3.05) is 5.75 Å². The first kappa shape index (κ1) is 13.8. The molecule has 2 nitrogen and oxygen atoms in total. The molecular weight excluding hydrogens is 256 g/mol. The third-order valence-corrected chi connectivity index (χ3v) is 4.89. The minimum Gasteiger partial charge on any atom is -0.224 e. The monoisotopic (exact) mass is 274 g/mol. The van der Waals surface area contributed by atoms with Crippen LogP contribution in [0.15, 0.2) is 65.6 Å². The molecule has 2 aromatic rings. The second-order valence-corrected chi connectivity index (χ2v) is 6.68. The van der Waals surface area contributed by atoms with Crippen molar-refractivity contribution in [2.24, 2.45) is 0 Å².